The summed E-state index contributed by atoms with van der Waals surface area (Å²) in [7, 11) is 0. The Hall–Kier alpha value is -1.02. The molecule has 1 aliphatic heterocycles. The van der Waals surface area contributed by atoms with Gasteiger partial charge < -0.3 is 10.2 Å². The maximum atomic E-state index is 3.56. The highest BCUT2D eigenvalue weighted by molar-refractivity contribution is 5.56. The van der Waals surface area contributed by atoms with E-state index in [4.69, 9.17) is 0 Å². The van der Waals surface area contributed by atoms with Crippen molar-refractivity contribution in [1.82, 2.24) is 5.32 Å². The monoisotopic (exact) mass is 274 g/mol. The third kappa shape index (κ3) is 3.54. The summed E-state index contributed by atoms with van der Waals surface area (Å²) in [5.74, 6) is 0.732. The molecule has 1 N–H and O–H groups in total. The molecule has 1 aromatic rings. The van der Waals surface area contributed by atoms with Gasteiger partial charge in [0.2, 0.25) is 0 Å². The van der Waals surface area contributed by atoms with Crippen LogP contribution in [0.3, 0.4) is 0 Å². The van der Waals surface area contributed by atoms with Crippen molar-refractivity contribution in [2.24, 2.45) is 5.92 Å². The quantitative estimate of drug-likeness (QED) is 0.785. The van der Waals surface area contributed by atoms with Crippen LogP contribution in [0.1, 0.15) is 51.2 Å². The Balaban J connectivity index is 2.21. The van der Waals surface area contributed by atoms with Gasteiger partial charge in [-0.3, -0.25) is 0 Å². The van der Waals surface area contributed by atoms with Crippen LogP contribution in [0.25, 0.3) is 0 Å². The summed E-state index contributed by atoms with van der Waals surface area (Å²) in [5.41, 5.74) is 4.28. The van der Waals surface area contributed by atoms with E-state index >= 15 is 0 Å². The lowest BCUT2D eigenvalue weighted by atomic mass is 10.00. The van der Waals surface area contributed by atoms with Gasteiger partial charge in [-0.25, -0.2) is 0 Å². The zero-order chi connectivity index (χ0) is 14.5. The molecule has 0 saturated carbocycles. The fourth-order valence-corrected chi connectivity index (χ4v) is 3.32. The van der Waals surface area contributed by atoms with Crippen LogP contribution >= 0.6 is 0 Å². The van der Waals surface area contributed by atoms with Crippen molar-refractivity contribution in [3.63, 3.8) is 0 Å². The number of nitrogens with one attached hydrogen (secondary N) is 1. The van der Waals surface area contributed by atoms with E-state index in [1.165, 1.54) is 42.6 Å². The van der Waals surface area contributed by atoms with E-state index in [0.717, 1.165) is 19.0 Å². The molecule has 2 heteroatoms. The molecule has 0 aliphatic carbocycles. The topological polar surface area (TPSA) is 15.3 Å². The minimum atomic E-state index is 0.711. The maximum Gasteiger partial charge on any atom is 0.0414 e. The number of hydrogen-bond donors (Lipinski definition) is 1. The summed E-state index contributed by atoms with van der Waals surface area (Å²) in [6.45, 7) is 12.4. The molecule has 1 saturated heterocycles. The van der Waals surface area contributed by atoms with Crippen LogP contribution in [0.2, 0.25) is 0 Å². The van der Waals surface area contributed by atoms with Gasteiger partial charge in [-0.1, -0.05) is 38.5 Å². The van der Waals surface area contributed by atoms with Gasteiger partial charge in [-0.2, -0.15) is 0 Å². The Labute approximate surface area is 124 Å². The summed E-state index contributed by atoms with van der Waals surface area (Å²) < 4.78 is 0. The minimum Gasteiger partial charge on any atom is -0.368 e. The average Bonchev–Trinajstić information content (AvgIpc) is 2.88. The molecule has 0 bridgehead atoms. The fraction of sp³-hybridized carbons (Fsp3) is 0.667. The second-order valence-electron chi connectivity index (χ2n) is 6.46. The number of anilines is 1. The molecular formula is C18H30N2. The lowest BCUT2D eigenvalue weighted by molar-refractivity contribution is 0.490. The van der Waals surface area contributed by atoms with Gasteiger partial charge in [0.25, 0.3) is 0 Å². The molecule has 1 aromatic carbocycles. The van der Waals surface area contributed by atoms with E-state index < -0.39 is 0 Å². The van der Waals surface area contributed by atoms with Gasteiger partial charge in [0.15, 0.2) is 0 Å². The molecule has 2 nitrogen and oxygen atoms in total. The van der Waals surface area contributed by atoms with Gasteiger partial charge in [0, 0.05) is 24.8 Å². The second kappa shape index (κ2) is 7.12. The first-order valence-corrected chi connectivity index (χ1v) is 8.20. The van der Waals surface area contributed by atoms with Gasteiger partial charge >= 0.3 is 0 Å². The molecule has 0 radical (unpaired) electrons. The smallest absolute Gasteiger partial charge is 0.0414 e. The van der Waals surface area contributed by atoms with E-state index in [2.05, 4.69) is 56.1 Å². The predicted octanol–water partition coefficient (Wildman–Crippen LogP) is 4.12. The van der Waals surface area contributed by atoms with Crippen LogP contribution in [0.5, 0.6) is 0 Å². The number of nitrogens with zero attached hydrogens (tertiary/aromatic N) is 1. The number of benzene rings is 1. The summed E-state index contributed by atoms with van der Waals surface area (Å²) in [6, 6.07) is 7.66. The van der Waals surface area contributed by atoms with Crippen molar-refractivity contribution in [3.05, 3.63) is 29.3 Å². The second-order valence-corrected chi connectivity index (χ2v) is 6.46. The van der Waals surface area contributed by atoms with E-state index in [9.17, 15) is 0 Å². The molecule has 2 rings (SSSR count). The van der Waals surface area contributed by atoms with Gasteiger partial charge in [0.05, 0.1) is 0 Å². The van der Waals surface area contributed by atoms with E-state index in [0.29, 0.717) is 6.04 Å². The SMILES string of the molecule is CCCNCc1cc(C)ccc1N1CCCC1C(C)C. The first-order valence-electron chi connectivity index (χ1n) is 8.20. The maximum absolute atomic E-state index is 3.56. The Morgan fingerprint density at radius 3 is 2.85 bits per heavy atom. The van der Waals surface area contributed by atoms with Crippen LogP contribution in [0.15, 0.2) is 18.2 Å². The Morgan fingerprint density at radius 2 is 2.15 bits per heavy atom. The van der Waals surface area contributed by atoms with Gasteiger partial charge in [0.1, 0.15) is 0 Å². The van der Waals surface area contributed by atoms with Crippen molar-refractivity contribution < 1.29 is 0 Å². The van der Waals surface area contributed by atoms with Gasteiger partial charge in [-0.15, -0.1) is 0 Å². The molecule has 1 atom stereocenters. The molecule has 0 amide bonds. The first kappa shape index (κ1) is 15.4. The Kier molecular flexibility index (Phi) is 5.47. The van der Waals surface area contributed by atoms with E-state index in [1.54, 1.807) is 0 Å². The summed E-state index contributed by atoms with van der Waals surface area (Å²) in [4.78, 5) is 2.65. The molecule has 0 aromatic heterocycles. The van der Waals surface area contributed by atoms with Crippen molar-refractivity contribution >= 4 is 5.69 Å². The molecule has 1 fully saturated rings. The molecule has 1 heterocycles. The van der Waals surface area contributed by atoms with Crippen LogP contribution in [-0.2, 0) is 6.54 Å². The number of hydrogen-bond acceptors (Lipinski definition) is 2. The van der Waals surface area contributed by atoms with Crippen molar-refractivity contribution in [1.29, 1.82) is 0 Å². The molecule has 0 spiro atoms. The fourth-order valence-electron chi connectivity index (χ4n) is 3.32. The number of rotatable bonds is 6. The minimum absolute atomic E-state index is 0.711. The average molecular weight is 274 g/mol. The molecule has 1 aliphatic rings. The van der Waals surface area contributed by atoms with E-state index in [1.807, 2.05) is 0 Å². The van der Waals surface area contributed by atoms with Crippen molar-refractivity contribution in [2.75, 3.05) is 18.0 Å². The van der Waals surface area contributed by atoms with E-state index in [-0.39, 0.29) is 0 Å². The first-order chi connectivity index (χ1) is 9.63. The molecular weight excluding hydrogens is 244 g/mol. The lowest BCUT2D eigenvalue weighted by Crippen LogP contribution is -2.34. The van der Waals surface area contributed by atoms with Crippen molar-refractivity contribution in [3.8, 4) is 0 Å². The third-order valence-electron chi connectivity index (χ3n) is 4.36. The van der Waals surface area contributed by atoms with Crippen LogP contribution in [0.4, 0.5) is 5.69 Å². The highest BCUT2D eigenvalue weighted by atomic mass is 15.2. The molecule has 112 valence electrons. The third-order valence-corrected chi connectivity index (χ3v) is 4.36. The molecule has 20 heavy (non-hydrogen) atoms. The summed E-state index contributed by atoms with van der Waals surface area (Å²) in [5, 5.41) is 3.56. The lowest BCUT2D eigenvalue weighted by Gasteiger charge is -2.31. The largest absolute Gasteiger partial charge is 0.368 e. The van der Waals surface area contributed by atoms with Crippen LogP contribution in [-0.4, -0.2) is 19.1 Å². The van der Waals surface area contributed by atoms with Crippen LogP contribution in [0, 0.1) is 12.8 Å². The normalized spacial score (nSPS) is 19.1. The predicted molar refractivity (Wildman–Crippen MR) is 88.4 cm³/mol. The number of aryl methyl sites for hydroxylation is 1. The summed E-state index contributed by atoms with van der Waals surface area (Å²) >= 11 is 0. The summed E-state index contributed by atoms with van der Waals surface area (Å²) in [6.07, 6.45) is 3.87. The Bertz CT molecular complexity index is 425. The zero-order valence-electron chi connectivity index (χ0n) is 13.6. The molecule has 1 unspecified atom stereocenters. The highest BCUT2D eigenvalue weighted by Crippen LogP contribution is 2.32. The standard InChI is InChI=1S/C18H30N2/c1-5-10-19-13-16-12-15(4)8-9-18(16)20-11-6-7-17(20)14(2)3/h8-9,12,14,17,19H,5-7,10-11,13H2,1-4H3. The van der Waals surface area contributed by atoms with Crippen LogP contribution < -0.4 is 10.2 Å². The zero-order valence-corrected chi connectivity index (χ0v) is 13.6. The van der Waals surface area contributed by atoms with Crippen molar-refractivity contribution in [2.45, 2.75) is 59.5 Å². The van der Waals surface area contributed by atoms with Gasteiger partial charge in [-0.05, 0) is 50.3 Å². The Morgan fingerprint density at radius 1 is 1.35 bits per heavy atom. The highest BCUT2D eigenvalue weighted by Gasteiger charge is 2.28.